The molecule has 0 aliphatic rings. The number of anilines is 2. The molecule has 2 amide bonds. The average molecular weight is 609 g/mol. The van der Waals surface area contributed by atoms with Gasteiger partial charge in [-0.05, 0) is 99.8 Å². The van der Waals surface area contributed by atoms with E-state index in [4.69, 9.17) is 0 Å². The van der Waals surface area contributed by atoms with E-state index in [0.717, 1.165) is 14.8 Å². The molecule has 0 aliphatic carbocycles. The van der Waals surface area contributed by atoms with Crippen LogP contribution in [0.1, 0.15) is 59.2 Å². The number of nitrogens with one attached hydrogen (secondary N) is 2. The first-order valence-corrected chi connectivity index (χ1v) is 13.2. The van der Waals surface area contributed by atoms with Crippen LogP contribution in [0.2, 0.25) is 0 Å². The van der Waals surface area contributed by atoms with Crippen LogP contribution in [0.4, 0.5) is 11.4 Å². The summed E-state index contributed by atoms with van der Waals surface area (Å²) >= 11 is 0. The van der Waals surface area contributed by atoms with Crippen LogP contribution in [0, 0.1) is 0 Å². The Hall–Kier alpha value is -6.72. The lowest BCUT2D eigenvalue weighted by molar-refractivity contribution is 0.0686. The molecule has 2 aromatic carbocycles. The molecule has 0 unspecified atom stereocenters. The molecule has 4 aromatic heterocycles. The predicted molar refractivity (Wildman–Crippen MR) is 152 cm³/mol. The molecular formula is C27H20N12O6. The molecule has 0 atom stereocenters. The van der Waals surface area contributed by atoms with E-state index in [2.05, 4.69) is 51.9 Å². The van der Waals surface area contributed by atoms with Crippen LogP contribution >= 0.6 is 0 Å². The van der Waals surface area contributed by atoms with Gasteiger partial charge in [-0.1, -0.05) is 12.1 Å². The minimum Gasteiger partial charge on any atom is -0.478 e. The number of carbonyl (C=O) groups is 4. The number of carboxylic acid groups (broad SMARTS) is 2. The van der Waals surface area contributed by atoms with Crippen molar-refractivity contribution in [2.75, 3.05) is 10.6 Å². The highest BCUT2D eigenvalue weighted by atomic mass is 16.4. The summed E-state index contributed by atoms with van der Waals surface area (Å²) in [5, 5.41) is 54.3. The van der Waals surface area contributed by atoms with Crippen LogP contribution < -0.4 is 10.6 Å². The molecule has 6 rings (SSSR count). The quantitative estimate of drug-likeness (QED) is 0.172. The number of carboxylic acids is 2. The molecule has 0 radical (unpaired) electrons. The number of benzene rings is 2. The zero-order valence-corrected chi connectivity index (χ0v) is 22.9. The van der Waals surface area contributed by atoms with Gasteiger partial charge in [0.05, 0.1) is 22.5 Å². The number of hydrogen-bond acceptors (Lipinski definition) is 12. The Morgan fingerprint density at radius 1 is 0.622 bits per heavy atom. The fourth-order valence-electron chi connectivity index (χ4n) is 4.48. The van der Waals surface area contributed by atoms with E-state index in [1.54, 1.807) is 18.2 Å². The highest BCUT2D eigenvalue weighted by molar-refractivity contribution is 6.07. The Morgan fingerprint density at radius 3 is 1.73 bits per heavy atom. The molecule has 4 heterocycles. The number of hydrogen-bond donors (Lipinski definition) is 4. The number of amides is 2. The second-order valence-corrected chi connectivity index (χ2v) is 9.62. The smallest absolute Gasteiger partial charge is 0.337 e. The monoisotopic (exact) mass is 608 g/mol. The molecule has 6 aromatic rings. The van der Waals surface area contributed by atoms with Gasteiger partial charge >= 0.3 is 11.9 Å². The standard InChI is InChI=1S/C27H20N12O6/c40-24(19-8-10-22-30-34-36-38(22)32-19)28-18-7-5-14(12-17(18)27(44)45)2-1-3-15-4-6-16(26(42)43)21(13-15)29-25(41)20-9-11-23-31-35-37-39(23)33-20/h4-13H,1-3H2,(H,28,40)(H,29,41)(H,42,43)(H,44,45). The van der Waals surface area contributed by atoms with Crippen LogP contribution in [0.5, 0.6) is 0 Å². The first-order valence-electron chi connectivity index (χ1n) is 13.2. The summed E-state index contributed by atoms with van der Waals surface area (Å²) in [7, 11) is 0. The summed E-state index contributed by atoms with van der Waals surface area (Å²) in [4.78, 5) is 49.4. The number of aromatic nitrogens is 10. The lowest BCUT2D eigenvalue weighted by Gasteiger charge is -2.12. The van der Waals surface area contributed by atoms with Gasteiger partial charge in [-0.2, -0.15) is 0 Å². The zero-order valence-electron chi connectivity index (χ0n) is 22.9. The maximum atomic E-state index is 12.8. The van der Waals surface area contributed by atoms with Crippen LogP contribution in [0.3, 0.4) is 0 Å². The van der Waals surface area contributed by atoms with Crippen molar-refractivity contribution in [2.45, 2.75) is 19.3 Å². The number of fused-ring (bicyclic) bond motifs is 2. The Morgan fingerprint density at radius 2 is 1.16 bits per heavy atom. The van der Waals surface area contributed by atoms with E-state index in [-0.39, 0.29) is 33.9 Å². The van der Waals surface area contributed by atoms with Crippen molar-refractivity contribution in [3.63, 3.8) is 0 Å². The molecule has 18 heteroatoms. The molecule has 18 nitrogen and oxygen atoms in total. The third-order valence-corrected chi connectivity index (χ3v) is 6.66. The second-order valence-electron chi connectivity index (χ2n) is 9.62. The van der Waals surface area contributed by atoms with Crippen molar-refractivity contribution in [1.29, 1.82) is 0 Å². The lowest BCUT2D eigenvalue weighted by atomic mass is 10.00. The van der Waals surface area contributed by atoms with Gasteiger partial charge in [-0.3, -0.25) is 9.59 Å². The molecule has 4 N–H and O–H groups in total. The average Bonchev–Trinajstić information content (AvgIpc) is 3.70. The van der Waals surface area contributed by atoms with Gasteiger partial charge in [0.2, 0.25) is 0 Å². The minimum absolute atomic E-state index is 0.00969. The van der Waals surface area contributed by atoms with Crippen LogP contribution in [-0.2, 0) is 12.8 Å². The van der Waals surface area contributed by atoms with Crippen molar-refractivity contribution in [3.05, 3.63) is 94.3 Å². The minimum atomic E-state index is -1.23. The number of tetrazole rings is 2. The van der Waals surface area contributed by atoms with Gasteiger partial charge in [0.25, 0.3) is 11.8 Å². The summed E-state index contributed by atoms with van der Waals surface area (Å²) in [5.41, 5.74) is 2.08. The maximum absolute atomic E-state index is 12.8. The Labute approximate surface area is 250 Å². The Bertz CT molecular complexity index is 2120. The first-order chi connectivity index (χ1) is 21.7. The summed E-state index contributed by atoms with van der Waals surface area (Å²) in [6, 6.07) is 15.1. The highest BCUT2D eigenvalue weighted by Gasteiger charge is 2.18. The second kappa shape index (κ2) is 11.9. The molecule has 224 valence electrons. The lowest BCUT2D eigenvalue weighted by Crippen LogP contribution is -2.18. The maximum Gasteiger partial charge on any atom is 0.337 e. The molecule has 0 aliphatic heterocycles. The molecule has 0 spiro atoms. The van der Waals surface area contributed by atoms with E-state index in [1.165, 1.54) is 42.5 Å². The zero-order chi connectivity index (χ0) is 31.5. The summed E-state index contributed by atoms with van der Waals surface area (Å²) in [5.74, 6) is -3.73. The predicted octanol–water partition coefficient (Wildman–Crippen LogP) is 1.43. The molecule has 0 fully saturated rings. The molecular weight excluding hydrogens is 588 g/mol. The van der Waals surface area contributed by atoms with Gasteiger partial charge in [-0.25, -0.2) is 9.59 Å². The third-order valence-electron chi connectivity index (χ3n) is 6.66. The summed E-state index contributed by atoms with van der Waals surface area (Å²) in [6.07, 6.45) is 1.53. The fraction of sp³-hybridized carbons (Fsp3) is 0.111. The first kappa shape index (κ1) is 28.4. The van der Waals surface area contributed by atoms with Crippen molar-refractivity contribution < 1.29 is 29.4 Å². The van der Waals surface area contributed by atoms with E-state index in [0.29, 0.717) is 36.1 Å². The SMILES string of the molecule is O=C(Nc1cc(CCCc2ccc(NC(=O)c3ccc4nnnn4n3)c(C(=O)O)c2)ccc1C(=O)O)c1ccc2nnnn2n1. The van der Waals surface area contributed by atoms with E-state index >= 15 is 0 Å². The molecule has 0 bridgehead atoms. The topological polar surface area (TPSA) is 245 Å². The van der Waals surface area contributed by atoms with Crippen LogP contribution in [-0.4, -0.2) is 84.5 Å². The number of aryl methyl sites for hydroxylation is 2. The number of carbonyl (C=O) groups excluding carboxylic acids is 2. The van der Waals surface area contributed by atoms with E-state index in [9.17, 15) is 29.4 Å². The van der Waals surface area contributed by atoms with Crippen molar-refractivity contribution in [2.24, 2.45) is 0 Å². The normalized spacial score (nSPS) is 11.0. The van der Waals surface area contributed by atoms with E-state index < -0.39 is 23.8 Å². The fourth-order valence-corrected chi connectivity index (χ4v) is 4.48. The molecule has 0 saturated carbocycles. The van der Waals surface area contributed by atoms with Gasteiger partial charge < -0.3 is 20.8 Å². The Kier molecular flexibility index (Phi) is 7.50. The largest absolute Gasteiger partial charge is 0.478 e. The van der Waals surface area contributed by atoms with Crippen molar-refractivity contribution in [3.8, 4) is 0 Å². The van der Waals surface area contributed by atoms with Crippen molar-refractivity contribution in [1.82, 2.24) is 50.5 Å². The Balaban J connectivity index is 1.12. The van der Waals surface area contributed by atoms with Crippen LogP contribution in [0.15, 0.2) is 60.7 Å². The number of aromatic carboxylic acids is 2. The van der Waals surface area contributed by atoms with Gasteiger partial charge in [0.15, 0.2) is 22.7 Å². The van der Waals surface area contributed by atoms with E-state index in [1.807, 2.05) is 0 Å². The van der Waals surface area contributed by atoms with Gasteiger partial charge in [0, 0.05) is 0 Å². The highest BCUT2D eigenvalue weighted by Crippen LogP contribution is 2.23. The summed E-state index contributed by atoms with van der Waals surface area (Å²) < 4.78 is 2.16. The molecule has 0 saturated heterocycles. The number of rotatable bonds is 10. The third kappa shape index (κ3) is 6.09. The van der Waals surface area contributed by atoms with Gasteiger partial charge in [0.1, 0.15) is 0 Å². The van der Waals surface area contributed by atoms with Gasteiger partial charge in [-0.15, -0.1) is 29.7 Å². The van der Waals surface area contributed by atoms with Crippen molar-refractivity contribution >= 4 is 46.4 Å². The van der Waals surface area contributed by atoms with Crippen LogP contribution in [0.25, 0.3) is 11.3 Å². The summed E-state index contributed by atoms with van der Waals surface area (Å²) in [6.45, 7) is 0. The molecule has 45 heavy (non-hydrogen) atoms. The number of nitrogens with zero attached hydrogens (tertiary/aromatic N) is 10.